The fourth-order valence-electron chi connectivity index (χ4n) is 1.88. The van der Waals surface area contributed by atoms with Crippen LogP contribution in [0.25, 0.3) is 0 Å². The first-order valence-electron chi connectivity index (χ1n) is 6.00. The molecule has 4 nitrogen and oxygen atoms in total. The summed E-state index contributed by atoms with van der Waals surface area (Å²) in [5, 5.41) is 7.79. The van der Waals surface area contributed by atoms with Gasteiger partial charge in [-0.2, -0.15) is 5.10 Å². The molecule has 0 radical (unpaired) electrons. The standard InChI is InChI=1S/C13H17BrN4/c1-4-15-13-11(6-5-7-16-13)8-18-10(3)12(14)9(2)17-18/h5-7H,4,8H2,1-3H3,(H,15,16). The molecular weight excluding hydrogens is 292 g/mol. The van der Waals surface area contributed by atoms with E-state index in [1.807, 2.05) is 17.7 Å². The summed E-state index contributed by atoms with van der Waals surface area (Å²) in [6.07, 6.45) is 1.80. The second kappa shape index (κ2) is 5.52. The largest absolute Gasteiger partial charge is 0.370 e. The summed E-state index contributed by atoms with van der Waals surface area (Å²) in [5.41, 5.74) is 3.30. The second-order valence-corrected chi connectivity index (χ2v) is 4.98. The lowest BCUT2D eigenvalue weighted by Crippen LogP contribution is -2.09. The van der Waals surface area contributed by atoms with Gasteiger partial charge in [-0.1, -0.05) is 6.07 Å². The number of anilines is 1. The van der Waals surface area contributed by atoms with Gasteiger partial charge >= 0.3 is 0 Å². The highest BCUT2D eigenvalue weighted by atomic mass is 79.9. The summed E-state index contributed by atoms with van der Waals surface area (Å²) in [6.45, 7) is 7.73. The molecule has 0 aromatic carbocycles. The van der Waals surface area contributed by atoms with E-state index in [4.69, 9.17) is 0 Å². The predicted molar refractivity (Wildman–Crippen MR) is 76.9 cm³/mol. The molecule has 0 bridgehead atoms. The highest BCUT2D eigenvalue weighted by Crippen LogP contribution is 2.21. The van der Waals surface area contributed by atoms with Crippen molar-refractivity contribution in [3.05, 3.63) is 39.8 Å². The molecule has 0 spiro atoms. The molecule has 0 aliphatic carbocycles. The van der Waals surface area contributed by atoms with Crippen molar-refractivity contribution in [3.63, 3.8) is 0 Å². The molecule has 0 atom stereocenters. The van der Waals surface area contributed by atoms with Gasteiger partial charge in [-0.3, -0.25) is 4.68 Å². The van der Waals surface area contributed by atoms with Crippen LogP contribution in [-0.2, 0) is 6.54 Å². The highest BCUT2D eigenvalue weighted by Gasteiger charge is 2.10. The van der Waals surface area contributed by atoms with Crippen LogP contribution in [-0.4, -0.2) is 21.3 Å². The Morgan fingerprint density at radius 1 is 1.39 bits per heavy atom. The number of halogens is 1. The van der Waals surface area contributed by atoms with Crippen molar-refractivity contribution in [3.8, 4) is 0 Å². The molecule has 0 saturated carbocycles. The van der Waals surface area contributed by atoms with Crippen molar-refractivity contribution in [1.82, 2.24) is 14.8 Å². The van der Waals surface area contributed by atoms with Gasteiger partial charge in [0.05, 0.1) is 22.4 Å². The highest BCUT2D eigenvalue weighted by molar-refractivity contribution is 9.10. The van der Waals surface area contributed by atoms with E-state index in [1.165, 1.54) is 0 Å². The second-order valence-electron chi connectivity index (χ2n) is 4.18. The summed E-state index contributed by atoms with van der Waals surface area (Å²) in [4.78, 5) is 4.36. The molecule has 0 amide bonds. The van der Waals surface area contributed by atoms with Crippen molar-refractivity contribution in [2.24, 2.45) is 0 Å². The molecule has 18 heavy (non-hydrogen) atoms. The van der Waals surface area contributed by atoms with Crippen LogP contribution < -0.4 is 5.32 Å². The molecule has 0 saturated heterocycles. The summed E-state index contributed by atoms with van der Waals surface area (Å²) >= 11 is 3.55. The molecule has 2 heterocycles. The van der Waals surface area contributed by atoms with E-state index < -0.39 is 0 Å². The van der Waals surface area contributed by atoms with Crippen LogP contribution >= 0.6 is 15.9 Å². The first kappa shape index (κ1) is 13.1. The maximum absolute atomic E-state index is 4.52. The average Bonchev–Trinajstić information content (AvgIpc) is 2.60. The fourth-order valence-corrected chi connectivity index (χ4v) is 2.17. The van der Waals surface area contributed by atoms with Crippen molar-refractivity contribution >= 4 is 21.7 Å². The average molecular weight is 309 g/mol. The van der Waals surface area contributed by atoms with Gasteiger partial charge in [-0.05, 0) is 42.8 Å². The molecular formula is C13H17BrN4. The summed E-state index contributed by atoms with van der Waals surface area (Å²) in [7, 11) is 0. The van der Waals surface area contributed by atoms with Gasteiger partial charge in [-0.15, -0.1) is 0 Å². The van der Waals surface area contributed by atoms with Crippen molar-refractivity contribution in [2.45, 2.75) is 27.3 Å². The molecule has 0 aliphatic rings. The zero-order valence-electron chi connectivity index (χ0n) is 10.9. The number of aromatic nitrogens is 3. The Kier molecular flexibility index (Phi) is 4.01. The normalized spacial score (nSPS) is 10.7. The molecule has 96 valence electrons. The molecule has 2 aromatic rings. The number of hydrogen-bond donors (Lipinski definition) is 1. The van der Waals surface area contributed by atoms with Crippen molar-refractivity contribution < 1.29 is 0 Å². The smallest absolute Gasteiger partial charge is 0.130 e. The zero-order valence-corrected chi connectivity index (χ0v) is 12.5. The van der Waals surface area contributed by atoms with Crippen LogP contribution in [0.1, 0.15) is 23.9 Å². The first-order valence-corrected chi connectivity index (χ1v) is 6.80. The van der Waals surface area contributed by atoms with E-state index in [1.54, 1.807) is 6.20 Å². The third-order valence-corrected chi connectivity index (χ3v) is 4.00. The van der Waals surface area contributed by atoms with Crippen molar-refractivity contribution in [1.29, 1.82) is 0 Å². The Morgan fingerprint density at radius 2 is 2.17 bits per heavy atom. The summed E-state index contributed by atoms with van der Waals surface area (Å²) in [5.74, 6) is 0.934. The zero-order chi connectivity index (χ0) is 13.1. The fraction of sp³-hybridized carbons (Fsp3) is 0.385. The van der Waals surface area contributed by atoms with Crippen LogP contribution in [0.2, 0.25) is 0 Å². The Morgan fingerprint density at radius 3 is 2.78 bits per heavy atom. The van der Waals surface area contributed by atoms with Gasteiger partial charge in [0, 0.05) is 18.3 Å². The van der Waals surface area contributed by atoms with Gasteiger partial charge in [-0.25, -0.2) is 4.98 Å². The van der Waals surface area contributed by atoms with Crippen LogP contribution in [0.5, 0.6) is 0 Å². The monoisotopic (exact) mass is 308 g/mol. The molecule has 2 rings (SSSR count). The van der Waals surface area contributed by atoms with Gasteiger partial charge in [0.2, 0.25) is 0 Å². The van der Waals surface area contributed by atoms with Gasteiger partial charge in [0.1, 0.15) is 5.82 Å². The lowest BCUT2D eigenvalue weighted by molar-refractivity contribution is 0.658. The minimum absolute atomic E-state index is 0.731. The van der Waals surface area contributed by atoms with Crippen LogP contribution in [0.4, 0.5) is 5.82 Å². The number of nitrogens with one attached hydrogen (secondary N) is 1. The first-order chi connectivity index (χ1) is 8.63. The predicted octanol–water partition coefficient (Wildman–Crippen LogP) is 3.14. The van der Waals surface area contributed by atoms with E-state index in [0.29, 0.717) is 0 Å². The number of aryl methyl sites for hydroxylation is 1. The van der Waals surface area contributed by atoms with E-state index in [9.17, 15) is 0 Å². The lowest BCUT2D eigenvalue weighted by Gasteiger charge is -2.10. The van der Waals surface area contributed by atoms with Crippen molar-refractivity contribution in [2.75, 3.05) is 11.9 Å². The van der Waals surface area contributed by atoms with Gasteiger partial charge < -0.3 is 5.32 Å². The van der Waals surface area contributed by atoms with Crippen LogP contribution in [0.15, 0.2) is 22.8 Å². The molecule has 2 aromatic heterocycles. The van der Waals surface area contributed by atoms with Crippen LogP contribution in [0.3, 0.4) is 0 Å². The molecule has 0 unspecified atom stereocenters. The Labute approximate surface area is 116 Å². The van der Waals surface area contributed by atoms with Crippen LogP contribution in [0, 0.1) is 13.8 Å². The molecule has 0 aliphatic heterocycles. The Balaban J connectivity index is 2.31. The van der Waals surface area contributed by atoms with E-state index in [-0.39, 0.29) is 0 Å². The third-order valence-electron chi connectivity index (χ3n) is 2.85. The Hall–Kier alpha value is -1.36. The van der Waals surface area contributed by atoms with Gasteiger partial charge in [0.15, 0.2) is 0 Å². The maximum Gasteiger partial charge on any atom is 0.130 e. The third kappa shape index (κ3) is 2.56. The summed E-state index contributed by atoms with van der Waals surface area (Å²) in [6, 6.07) is 4.03. The number of pyridine rings is 1. The maximum atomic E-state index is 4.52. The Bertz CT molecular complexity index is 548. The van der Waals surface area contributed by atoms with E-state index in [2.05, 4.69) is 51.2 Å². The number of nitrogens with zero attached hydrogens (tertiary/aromatic N) is 3. The number of hydrogen-bond acceptors (Lipinski definition) is 3. The molecule has 5 heteroatoms. The minimum atomic E-state index is 0.731. The lowest BCUT2D eigenvalue weighted by atomic mass is 10.2. The van der Waals surface area contributed by atoms with E-state index >= 15 is 0 Å². The quantitative estimate of drug-likeness (QED) is 0.943. The SMILES string of the molecule is CCNc1ncccc1Cn1nc(C)c(Br)c1C. The minimum Gasteiger partial charge on any atom is -0.370 e. The number of rotatable bonds is 4. The summed E-state index contributed by atoms with van der Waals surface area (Å²) < 4.78 is 3.08. The molecule has 0 fully saturated rings. The topological polar surface area (TPSA) is 42.7 Å². The van der Waals surface area contributed by atoms with E-state index in [0.717, 1.165) is 40.3 Å². The molecule has 1 N–H and O–H groups in total. The van der Waals surface area contributed by atoms with Gasteiger partial charge in [0.25, 0.3) is 0 Å².